The quantitative estimate of drug-likeness (QED) is 0.787. The molecule has 16 heavy (non-hydrogen) atoms. The van der Waals surface area contributed by atoms with Gasteiger partial charge in [0.15, 0.2) is 0 Å². The third-order valence-corrected chi connectivity index (χ3v) is 2.29. The monoisotopic (exact) mass is 225 g/mol. The van der Waals surface area contributed by atoms with E-state index in [0.29, 0.717) is 6.54 Å². The van der Waals surface area contributed by atoms with Crippen LogP contribution < -0.4 is 11.1 Å². The molecule has 0 spiro atoms. The summed E-state index contributed by atoms with van der Waals surface area (Å²) in [7, 11) is 0. The van der Waals surface area contributed by atoms with Crippen molar-refractivity contribution in [3.8, 4) is 0 Å². The smallest absolute Gasteiger partial charge is 0.269 e. The molecule has 4 nitrogen and oxygen atoms in total. The average Bonchev–Trinajstić information content (AvgIpc) is 2.29. The SMILES string of the molecule is CCC(N)CCNC(=O)c1ccc(F)cn1. The molecule has 0 saturated carbocycles. The lowest BCUT2D eigenvalue weighted by molar-refractivity contribution is 0.0947. The molecule has 3 N–H and O–H groups in total. The second-order valence-corrected chi connectivity index (χ2v) is 3.57. The summed E-state index contributed by atoms with van der Waals surface area (Å²) in [6, 6.07) is 2.66. The van der Waals surface area contributed by atoms with E-state index in [4.69, 9.17) is 5.73 Å². The molecular formula is C11H16FN3O. The van der Waals surface area contributed by atoms with Crippen molar-refractivity contribution in [3.63, 3.8) is 0 Å². The van der Waals surface area contributed by atoms with Crippen molar-refractivity contribution in [2.24, 2.45) is 5.73 Å². The van der Waals surface area contributed by atoms with Gasteiger partial charge in [0.2, 0.25) is 0 Å². The number of halogens is 1. The van der Waals surface area contributed by atoms with Crippen LogP contribution in [0.2, 0.25) is 0 Å². The summed E-state index contributed by atoms with van der Waals surface area (Å²) in [5.41, 5.74) is 5.92. The molecule has 1 unspecified atom stereocenters. The van der Waals surface area contributed by atoms with Gasteiger partial charge in [0, 0.05) is 12.6 Å². The fourth-order valence-electron chi connectivity index (χ4n) is 1.18. The number of nitrogens with zero attached hydrogens (tertiary/aromatic N) is 1. The van der Waals surface area contributed by atoms with E-state index in [9.17, 15) is 9.18 Å². The van der Waals surface area contributed by atoms with Gasteiger partial charge in [-0.15, -0.1) is 0 Å². The minimum Gasteiger partial charge on any atom is -0.351 e. The number of pyridine rings is 1. The van der Waals surface area contributed by atoms with Gasteiger partial charge in [-0.2, -0.15) is 0 Å². The summed E-state index contributed by atoms with van der Waals surface area (Å²) in [6.07, 6.45) is 2.63. The lowest BCUT2D eigenvalue weighted by Crippen LogP contribution is -2.30. The first kappa shape index (κ1) is 12.6. The topological polar surface area (TPSA) is 68.0 Å². The third-order valence-electron chi connectivity index (χ3n) is 2.29. The average molecular weight is 225 g/mol. The van der Waals surface area contributed by atoms with Crippen LogP contribution in [0.1, 0.15) is 30.3 Å². The van der Waals surface area contributed by atoms with Crippen LogP contribution in [0.15, 0.2) is 18.3 Å². The van der Waals surface area contributed by atoms with E-state index < -0.39 is 5.82 Å². The van der Waals surface area contributed by atoms with Gasteiger partial charge in [0.25, 0.3) is 5.91 Å². The molecule has 0 radical (unpaired) electrons. The van der Waals surface area contributed by atoms with Gasteiger partial charge in [-0.3, -0.25) is 4.79 Å². The van der Waals surface area contributed by atoms with E-state index in [0.717, 1.165) is 19.0 Å². The van der Waals surface area contributed by atoms with E-state index in [2.05, 4.69) is 10.3 Å². The zero-order valence-corrected chi connectivity index (χ0v) is 9.24. The Labute approximate surface area is 94.1 Å². The maximum atomic E-state index is 12.5. The second-order valence-electron chi connectivity index (χ2n) is 3.57. The lowest BCUT2D eigenvalue weighted by Gasteiger charge is -2.09. The Morgan fingerprint density at radius 3 is 2.94 bits per heavy atom. The summed E-state index contributed by atoms with van der Waals surface area (Å²) in [5.74, 6) is -0.757. The molecule has 1 aromatic heterocycles. The Hall–Kier alpha value is -1.49. The number of hydrogen-bond donors (Lipinski definition) is 2. The highest BCUT2D eigenvalue weighted by Gasteiger charge is 2.07. The van der Waals surface area contributed by atoms with Gasteiger partial charge >= 0.3 is 0 Å². The number of nitrogens with two attached hydrogens (primary N) is 1. The van der Waals surface area contributed by atoms with Crippen LogP contribution in [-0.4, -0.2) is 23.5 Å². The number of rotatable bonds is 5. The van der Waals surface area contributed by atoms with Crippen molar-refractivity contribution >= 4 is 5.91 Å². The predicted octanol–water partition coefficient (Wildman–Crippen LogP) is 1.08. The summed E-state index contributed by atoms with van der Waals surface area (Å²) in [6.45, 7) is 2.50. The molecule has 0 fully saturated rings. The molecule has 0 bridgehead atoms. The molecule has 0 aliphatic rings. The summed E-state index contributed by atoms with van der Waals surface area (Å²) < 4.78 is 12.5. The maximum absolute atomic E-state index is 12.5. The van der Waals surface area contributed by atoms with Crippen LogP contribution in [-0.2, 0) is 0 Å². The number of nitrogens with one attached hydrogen (secondary N) is 1. The Bertz CT molecular complexity index is 340. The molecule has 1 amide bonds. The predicted molar refractivity (Wildman–Crippen MR) is 59.4 cm³/mol. The van der Waals surface area contributed by atoms with Gasteiger partial charge in [0.05, 0.1) is 6.20 Å². The second kappa shape index (κ2) is 6.17. The molecular weight excluding hydrogens is 209 g/mol. The van der Waals surface area contributed by atoms with E-state index in [1.165, 1.54) is 12.1 Å². The minimum absolute atomic E-state index is 0.0986. The van der Waals surface area contributed by atoms with Gasteiger partial charge < -0.3 is 11.1 Å². The van der Waals surface area contributed by atoms with Crippen molar-refractivity contribution in [2.45, 2.75) is 25.8 Å². The Morgan fingerprint density at radius 2 is 2.38 bits per heavy atom. The van der Waals surface area contributed by atoms with Crippen molar-refractivity contribution in [3.05, 3.63) is 29.8 Å². The van der Waals surface area contributed by atoms with Crippen LogP contribution in [0.25, 0.3) is 0 Å². The molecule has 5 heteroatoms. The van der Waals surface area contributed by atoms with Crippen molar-refractivity contribution in [2.75, 3.05) is 6.54 Å². The lowest BCUT2D eigenvalue weighted by atomic mass is 10.2. The first-order valence-electron chi connectivity index (χ1n) is 5.28. The molecule has 88 valence electrons. The van der Waals surface area contributed by atoms with Gasteiger partial charge in [-0.05, 0) is 25.0 Å². The normalized spacial score (nSPS) is 12.2. The van der Waals surface area contributed by atoms with Crippen LogP contribution in [0.5, 0.6) is 0 Å². The minimum atomic E-state index is -0.454. The highest BCUT2D eigenvalue weighted by Crippen LogP contribution is 1.98. The van der Waals surface area contributed by atoms with E-state index in [1.807, 2.05) is 6.92 Å². The molecule has 1 atom stereocenters. The molecule has 0 saturated heterocycles. The fraction of sp³-hybridized carbons (Fsp3) is 0.455. The van der Waals surface area contributed by atoms with Gasteiger partial charge in [-0.25, -0.2) is 9.37 Å². The van der Waals surface area contributed by atoms with Crippen LogP contribution >= 0.6 is 0 Å². The number of aromatic nitrogens is 1. The van der Waals surface area contributed by atoms with Crippen molar-refractivity contribution in [1.29, 1.82) is 0 Å². The summed E-state index contributed by atoms with van der Waals surface area (Å²) >= 11 is 0. The van der Waals surface area contributed by atoms with E-state index >= 15 is 0 Å². The zero-order valence-electron chi connectivity index (χ0n) is 9.24. The number of carbonyl (C=O) groups is 1. The largest absolute Gasteiger partial charge is 0.351 e. The molecule has 1 rings (SSSR count). The van der Waals surface area contributed by atoms with Crippen molar-refractivity contribution in [1.82, 2.24) is 10.3 Å². The van der Waals surface area contributed by atoms with Crippen LogP contribution in [0, 0.1) is 5.82 Å². The molecule has 0 aliphatic carbocycles. The van der Waals surface area contributed by atoms with Gasteiger partial charge in [-0.1, -0.05) is 6.92 Å². The van der Waals surface area contributed by atoms with Crippen LogP contribution in [0.4, 0.5) is 4.39 Å². The first-order chi connectivity index (χ1) is 7.63. The van der Waals surface area contributed by atoms with Gasteiger partial charge in [0.1, 0.15) is 11.5 Å². The summed E-state index contributed by atoms with van der Waals surface area (Å²) in [4.78, 5) is 15.2. The molecule has 0 aliphatic heterocycles. The van der Waals surface area contributed by atoms with Crippen molar-refractivity contribution < 1.29 is 9.18 Å². The highest BCUT2D eigenvalue weighted by molar-refractivity contribution is 5.92. The highest BCUT2D eigenvalue weighted by atomic mass is 19.1. The standard InChI is InChI=1S/C11H16FN3O/c1-2-9(13)5-6-14-11(16)10-4-3-8(12)7-15-10/h3-4,7,9H,2,5-6,13H2,1H3,(H,14,16). The first-order valence-corrected chi connectivity index (χ1v) is 5.28. The Morgan fingerprint density at radius 1 is 1.62 bits per heavy atom. The number of hydrogen-bond acceptors (Lipinski definition) is 3. The number of amides is 1. The number of carbonyl (C=O) groups excluding carboxylic acids is 1. The molecule has 1 heterocycles. The maximum Gasteiger partial charge on any atom is 0.269 e. The van der Waals surface area contributed by atoms with E-state index in [1.54, 1.807) is 0 Å². The van der Waals surface area contributed by atoms with Crippen LogP contribution in [0.3, 0.4) is 0 Å². The summed E-state index contributed by atoms with van der Waals surface area (Å²) in [5, 5.41) is 2.68. The molecule has 1 aromatic rings. The fourth-order valence-corrected chi connectivity index (χ4v) is 1.18. The molecule has 0 aromatic carbocycles. The van der Waals surface area contributed by atoms with E-state index in [-0.39, 0.29) is 17.6 Å². The third kappa shape index (κ3) is 3.94. The zero-order chi connectivity index (χ0) is 12.0. The Kier molecular flexibility index (Phi) is 4.85. The Balaban J connectivity index is 2.38.